The highest BCUT2D eigenvalue weighted by molar-refractivity contribution is 8.00. The first-order chi connectivity index (χ1) is 14.0. The summed E-state index contributed by atoms with van der Waals surface area (Å²) >= 11 is 7.96. The van der Waals surface area contributed by atoms with E-state index in [-0.39, 0.29) is 17.2 Å². The first kappa shape index (κ1) is 20.0. The lowest BCUT2D eigenvalue weighted by atomic mass is 10.1. The van der Waals surface area contributed by atoms with Gasteiger partial charge >= 0.3 is 0 Å². The molecule has 0 aliphatic carbocycles. The molecule has 2 heterocycles. The molecule has 4 rings (SSSR count). The number of benzene rings is 2. The standard InChI is InChI=1S/C23H24ClN3OS/c1-16(2)23(28)26-10-11-29-22(26)12-17-14-25-27(15-17)21-8-6-18(7-9-21)19-4-3-5-20(24)13-19/h3-9,13-16,22H,10-12H2,1-2H3. The molecule has 0 spiro atoms. The van der Waals surface area contributed by atoms with Gasteiger partial charge in [-0.15, -0.1) is 11.8 Å². The highest BCUT2D eigenvalue weighted by Crippen LogP contribution is 2.29. The largest absolute Gasteiger partial charge is 0.329 e. The summed E-state index contributed by atoms with van der Waals surface area (Å²) in [5, 5.41) is 5.47. The fraction of sp³-hybridized carbons (Fsp3) is 0.304. The van der Waals surface area contributed by atoms with Crippen molar-refractivity contribution >= 4 is 29.3 Å². The van der Waals surface area contributed by atoms with Crippen molar-refractivity contribution in [3.05, 3.63) is 71.5 Å². The molecule has 1 aliphatic rings. The second-order valence-corrected chi connectivity index (χ2v) is 9.29. The van der Waals surface area contributed by atoms with Crippen LogP contribution in [0.25, 0.3) is 16.8 Å². The number of amides is 1. The van der Waals surface area contributed by atoms with E-state index in [1.54, 1.807) is 0 Å². The van der Waals surface area contributed by atoms with Crippen molar-refractivity contribution in [3.63, 3.8) is 0 Å². The zero-order chi connectivity index (χ0) is 20.4. The third kappa shape index (κ3) is 4.51. The first-order valence-electron chi connectivity index (χ1n) is 9.83. The summed E-state index contributed by atoms with van der Waals surface area (Å²) in [5.74, 6) is 1.28. The molecule has 1 saturated heterocycles. The van der Waals surface area contributed by atoms with Crippen LogP contribution in [0, 0.1) is 5.92 Å². The predicted octanol–water partition coefficient (Wildman–Crippen LogP) is 5.29. The molecule has 1 aliphatic heterocycles. The molecule has 2 aromatic carbocycles. The Hall–Kier alpha value is -2.24. The Labute approximate surface area is 180 Å². The number of nitrogens with zero attached hydrogens (tertiary/aromatic N) is 3. The smallest absolute Gasteiger partial charge is 0.226 e. The summed E-state index contributed by atoms with van der Waals surface area (Å²) in [6, 6.07) is 16.1. The van der Waals surface area contributed by atoms with Gasteiger partial charge in [0.25, 0.3) is 0 Å². The summed E-state index contributed by atoms with van der Waals surface area (Å²) in [4.78, 5) is 14.4. The molecule has 4 nitrogen and oxygen atoms in total. The fourth-order valence-electron chi connectivity index (χ4n) is 3.56. The topological polar surface area (TPSA) is 38.1 Å². The molecule has 1 unspecified atom stereocenters. The van der Waals surface area contributed by atoms with Crippen molar-refractivity contribution in [3.8, 4) is 16.8 Å². The molecule has 6 heteroatoms. The Balaban J connectivity index is 1.47. The third-order valence-electron chi connectivity index (χ3n) is 5.10. The molecular weight excluding hydrogens is 402 g/mol. The van der Waals surface area contributed by atoms with Crippen molar-refractivity contribution in [2.75, 3.05) is 12.3 Å². The third-order valence-corrected chi connectivity index (χ3v) is 6.56. The minimum atomic E-state index is 0.0388. The Bertz CT molecular complexity index is 999. The summed E-state index contributed by atoms with van der Waals surface area (Å²) < 4.78 is 1.89. The van der Waals surface area contributed by atoms with Crippen LogP contribution in [0.4, 0.5) is 0 Å². The predicted molar refractivity (Wildman–Crippen MR) is 121 cm³/mol. The number of halogens is 1. The Morgan fingerprint density at radius 1 is 1.21 bits per heavy atom. The Morgan fingerprint density at radius 3 is 2.72 bits per heavy atom. The number of rotatable bonds is 5. The maximum Gasteiger partial charge on any atom is 0.226 e. The fourth-order valence-corrected chi connectivity index (χ4v) is 5.02. The van der Waals surface area contributed by atoms with E-state index in [2.05, 4.69) is 41.6 Å². The average molecular weight is 426 g/mol. The van der Waals surface area contributed by atoms with E-state index in [4.69, 9.17) is 11.6 Å². The number of hydrogen-bond donors (Lipinski definition) is 0. The maximum absolute atomic E-state index is 12.4. The lowest BCUT2D eigenvalue weighted by molar-refractivity contribution is -0.134. The van der Waals surface area contributed by atoms with E-state index >= 15 is 0 Å². The van der Waals surface area contributed by atoms with Gasteiger partial charge in [-0.25, -0.2) is 4.68 Å². The molecule has 0 N–H and O–H groups in total. The SMILES string of the molecule is CC(C)C(=O)N1CCSC1Cc1cnn(-c2ccc(-c3cccc(Cl)c3)cc2)c1. The number of hydrogen-bond acceptors (Lipinski definition) is 3. The van der Waals surface area contributed by atoms with Crippen LogP contribution in [0.3, 0.4) is 0 Å². The molecule has 0 radical (unpaired) electrons. The van der Waals surface area contributed by atoms with Gasteiger partial charge in [0.05, 0.1) is 17.3 Å². The van der Waals surface area contributed by atoms with Crippen LogP contribution in [0.2, 0.25) is 5.02 Å². The molecule has 1 fully saturated rings. The zero-order valence-corrected chi connectivity index (χ0v) is 18.2. The Morgan fingerprint density at radius 2 is 2.00 bits per heavy atom. The van der Waals surface area contributed by atoms with Crippen LogP contribution < -0.4 is 0 Å². The van der Waals surface area contributed by atoms with Crippen LogP contribution >= 0.6 is 23.4 Å². The van der Waals surface area contributed by atoms with Crippen molar-refractivity contribution in [1.29, 1.82) is 0 Å². The maximum atomic E-state index is 12.4. The van der Waals surface area contributed by atoms with Gasteiger partial charge < -0.3 is 4.90 Å². The molecule has 3 aromatic rings. The van der Waals surface area contributed by atoms with Gasteiger partial charge in [0.1, 0.15) is 0 Å². The van der Waals surface area contributed by atoms with Crippen molar-refractivity contribution in [2.24, 2.45) is 5.92 Å². The Kier molecular flexibility index (Phi) is 5.97. The van der Waals surface area contributed by atoms with E-state index in [0.29, 0.717) is 0 Å². The minimum Gasteiger partial charge on any atom is -0.329 e. The van der Waals surface area contributed by atoms with Gasteiger partial charge in [-0.2, -0.15) is 5.10 Å². The van der Waals surface area contributed by atoms with Crippen molar-refractivity contribution in [1.82, 2.24) is 14.7 Å². The number of thioether (sulfide) groups is 1. The summed E-state index contributed by atoms with van der Waals surface area (Å²) in [6.45, 7) is 4.77. The van der Waals surface area contributed by atoms with Crippen LogP contribution in [-0.2, 0) is 11.2 Å². The summed E-state index contributed by atoms with van der Waals surface area (Å²) in [5.41, 5.74) is 4.37. The van der Waals surface area contributed by atoms with Gasteiger partial charge in [0.15, 0.2) is 0 Å². The summed E-state index contributed by atoms with van der Waals surface area (Å²) in [6.07, 6.45) is 4.79. The van der Waals surface area contributed by atoms with E-state index in [1.807, 2.05) is 59.6 Å². The van der Waals surface area contributed by atoms with E-state index in [0.717, 1.165) is 46.1 Å². The summed E-state index contributed by atoms with van der Waals surface area (Å²) in [7, 11) is 0. The van der Waals surface area contributed by atoms with Crippen LogP contribution in [0.5, 0.6) is 0 Å². The second-order valence-electron chi connectivity index (χ2n) is 7.57. The van der Waals surface area contributed by atoms with Crippen molar-refractivity contribution in [2.45, 2.75) is 25.6 Å². The van der Waals surface area contributed by atoms with Gasteiger partial charge in [0, 0.05) is 35.9 Å². The average Bonchev–Trinajstić information content (AvgIpc) is 3.37. The monoisotopic (exact) mass is 425 g/mol. The van der Waals surface area contributed by atoms with E-state index < -0.39 is 0 Å². The van der Waals surface area contributed by atoms with Gasteiger partial charge in [-0.3, -0.25) is 4.79 Å². The molecule has 0 bridgehead atoms. The van der Waals surface area contributed by atoms with Crippen LogP contribution in [0.15, 0.2) is 60.9 Å². The van der Waals surface area contributed by atoms with E-state index in [9.17, 15) is 4.79 Å². The zero-order valence-electron chi connectivity index (χ0n) is 16.6. The number of aromatic nitrogens is 2. The van der Waals surface area contributed by atoms with Crippen LogP contribution in [0.1, 0.15) is 19.4 Å². The highest BCUT2D eigenvalue weighted by Gasteiger charge is 2.30. The minimum absolute atomic E-state index is 0.0388. The van der Waals surface area contributed by atoms with Crippen LogP contribution in [-0.4, -0.2) is 38.3 Å². The normalized spacial score (nSPS) is 16.6. The molecule has 1 atom stereocenters. The quantitative estimate of drug-likeness (QED) is 0.557. The molecule has 1 aromatic heterocycles. The molecule has 0 saturated carbocycles. The van der Waals surface area contributed by atoms with Gasteiger partial charge in [-0.1, -0.05) is 49.7 Å². The molecule has 150 valence electrons. The van der Waals surface area contributed by atoms with Gasteiger partial charge in [-0.05, 0) is 41.0 Å². The second kappa shape index (κ2) is 8.64. The first-order valence-corrected chi connectivity index (χ1v) is 11.3. The number of carbonyl (C=O) groups excluding carboxylic acids is 1. The molecule has 1 amide bonds. The van der Waals surface area contributed by atoms with Crippen molar-refractivity contribution < 1.29 is 4.79 Å². The lowest BCUT2D eigenvalue weighted by Gasteiger charge is -2.25. The van der Waals surface area contributed by atoms with E-state index in [1.165, 1.54) is 0 Å². The lowest BCUT2D eigenvalue weighted by Crippen LogP contribution is -2.38. The molecular formula is C23H24ClN3OS. The number of carbonyl (C=O) groups is 1. The molecule has 29 heavy (non-hydrogen) atoms. The highest BCUT2D eigenvalue weighted by atomic mass is 35.5. The van der Waals surface area contributed by atoms with Gasteiger partial charge in [0.2, 0.25) is 5.91 Å².